The van der Waals surface area contributed by atoms with Gasteiger partial charge in [-0.2, -0.15) is 0 Å². The first-order valence-electron chi connectivity index (χ1n) is 8.85. The lowest BCUT2D eigenvalue weighted by molar-refractivity contribution is 0.102. The van der Waals surface area contributed by atoms with Crippen LogP contribution in [0.3, 0.4) is 0 Å². The molecule has 4 aromatic rings. The molecule has 1 amide bonds. The van der Waals surface area contributed by atoms with Crippen LogP contribution in [0.15, 0.2) is 83.2 Å². The summed E-state index contributed by atoms with van der Waals surface area (Å²) in [5.41, 5.74) is 3.80. The highest BCUT2D eigenvalue weighted by atomic mass is 35.5. The van der Waals surface area contributed by atoms with Crippen LogP contribution in [-0.2, 0) is 5.75 Å². The van der Waals surface area contributed by atoms with Crippen LogP contribution in [0.4, 0.5) is 5.13 Å². The molecule has 144 valence electrons. The summed E-state index contributed by atoms with van der Waals surface area (Å²) >= 11 is 9.07. The lowest BCUT2D eigenvalue weighted by Crippen LogP contribution is -2.11. The van der Waals surface area contributed by atoms with E-state index in [0.717, 1.165) is 26.1 Å². The quantitative estimate of drug-likeness (QED) is 0.280. The van der Waals surface area contributed by atoms with Crippen molar-refractivity contribution in [1.29, 1.82) is 0 Å². The Kier molecular flexibility index (Phi) is 6.24. The van der Waals surface area contributed by atoms with Crippen LogP contribution in [0.5, 0.6) is 0 Å². The predicted molar refractivity (Wildman–Crippen MR) is 121 cm³/mol. The summed E-state index contributed by atoms with van der Waals surface area (Å²) in [5.74, 6) is 0.492. The van der Waals surface area contributed by atoms with Crippen LogP contribution in [0, 0.1) is 0 Å². The van der Waals surface area contributed by atoms with Gasteiger partial charge in [0, 0.05) is 16.3 Å². The fraction of sp³-hybridized carbons (Fsp3) is 0.0455. The van der Waals surface area contributed by atoms with Gasteiger partial charge in [0.25, 0.3) is 5.91 Å². The molecule has 0 bridgehead atoms. The number of carbonyl (C=O) groups is 1. The van der Waals surface area contributed by atoms with Gasteiger partial charge in [-0.15, -0.1) is 10.2 Å². The number of aromatic nitrogens is 2. The molecule has 0 spiro atoms. The van der Waals surface area contributed by atoms with Crippen LogP contribution in [-0.4, -0.2) is 16.1 Å². The Balaban J connectivity index is 1.37. The second kappa shape index (κ2) is 9.22. The van der Waals surface area contributed by atoms with Gasteiger partial charge in [-0.25, -0.2) is 0 Å². The molecule has 0 saturated carbocycles. The van der Waals surface area contributed by atoms with Crippen molar-refractivity contribution in [3.63, 3.8) is 0 Å². The first-order chi connectivity index (χ1) is 14.2. The minimum absolute atomic E-state index is 0.205. The Bertz CT molecular complexity index is 1110. The Labute approximate surface area is 182 Å². The monoisotopic (exact) mass is 437 g/mol. The van der Waals surface area contributed by atoms with E-state index in [1.165, 1.54) is 11.3 Å². The van der Waals surface area contributed by atoms with Gasteiger partial charge in [-0.1, -0.05) is 95.4 Å². The highest BCUT2D eigenvalue weighted by Gasteiger charge is 2.11. The number of hydrogen-bond donors (Lipinski definition) is 1. The van der Waals surface area contributed by atoms with E-state index in [0.29, 0.717) is 16.4 Å². The second-order valence-corrected chi connectivity index (χ2v) is 8.76. The number of benzene rings is 3. The summed E-state index contributed by atoms with van der Waals surface area (Å²) in [4.78, 5) is 12.5. The highest BCUT2D eigenvalue weighted by molar-refractivity contribution is 8.00. The summed E-state index contributed by atoms with van der Waals surface area (Å²) in [7, 11) is 0. The third kappa shape index (κ3) is 5.03. The van der Waals surface area contributed by atoms with E-state index in [1.54, 1.807) is 11.8 Å². The van der Waals surface area contributed by atoms with Crippen LogP contribution >= 0.6 is 34.7 Å². The van der Waals surface area contributed by atoms with Crippen molar-refractivity contribution in [3.05, 3.63) is 95.0 Å². The second-order valence-electron chi connectivity index (χ2n) is 6.15. The molecule has 0 atom stereocenters. The summed E-state index contributed by atoms with van der Waals surface area (Å²) < 4.78 is 0.777. The molecule has 0 aliphatic heterocycles. The fourth-order valence-corrected chi connectivity index (χ4v) is 4.72. The smallest absolute Gasteiger partial charge is 0.257 e. The van der Waals surface area contributed by atoms with Gasteiger partial charge in [0.2, 0.25) is 5.13 Å². The molecule has 0 aliphatic carbocycles. The molecule has 0 saturated heterocycles. The Morgan fingerprint density at radius 2 is 1.59 bits per heavy atom. The topological polar surface area (TPSA) is 54.9 Å². The van der Waals surface area contributed by atoms with Crippen molar-refractivity contribution >= 4 is 45.7 Å². The van der Waals surface area contributed by atoms with Crippen LogP contribution < -0.4 is 5.32 Å². The third-order valence-corrected chi connectivity index (χ3v) is 6.58. The molecule has 0 aliphatic rings. The zero-order valence-electron chi connectivity index (χ0n) is 15.2. The molecule has 1 N–H and O–H groups in total. The largest absolute Gasteiger partial charge is 0.296 e. The lowest BCUT2D eigenvalue weighted by atomic mass is 10.0. The van der Waals surface area contributed by atoms with Gasteiger partial charge in [-0.3, -0.25) is 10.1 Å². The zero-order valence-corrected chi connectivity index (χ0v) is 17.6. The van der Waals surface area contributed by atoms with Gasteiger partial charge in [0.05, 0.1) is 0 Å². The number of halogens is 1. The number of nitrogens with one attached hydrogen (secondary N) is 1. The molecule has 1 aromatic heterocycles. The van der Waals surface area contributed by atoms with E-state index in [-0.39, 0.29) is 5.91 Å². The summed E-state index contributed by atoms with van der Waals surface area (Å²) in [6, 6.07) is 25.3. The molecule has 7 heteroatoms. The fourth-order valence-electron chi connectivity index (χ4n) is 2.69. The van der Waals surface area contributed by atoms with Crippen molar-refractivity contribution in [3.8, 4) is 11.1 Å². The molecule has 3 aromatic carbocycles. The van der Waals surface area contributed by atoms with E-state index in [9.17, 15) is 4.79 Å². The van der Waals surface area contributed by atoms with E-state index in [1.807, 2.05) is 78.9 Å². The number of carbonyl (C=O) groups excluding carboxylic acids is 1. The highest BCUT2D eigenvalue weighted by Crippen LogP contribution is 2.30. The summed E-state index contributed by atoms with van der Waals surface area (Å²) in [6.07, 6.45) is 0. The molecule has 0 fully saturated rings. The number of anilines is 1. The molecule has 4 nitrogen and oxygen atoms in total. The average Bonchev–Trinajstić information content (AvgIpc) is 3.21. The number of hydrogen-bond acceptors (Lipinski definition) is 5. The van der Waals surface area contributed by atoms with Crippen molar-refractivity contribution in [1.82, 2.24) is 10.2 Å². The van der Waals surface area contributed by atoms with Crippen LogP contribution in [0.25, 0.3) is 11.1 Å². The number of nitrogens with zero attached hydrogens (tertiary/aromatic N) is 2. The van der Waals surface area contributed by atoms with E-state index < -0.39 is 0 Å². The van der Waals surface area contributed by atoms with Crippen molar-refractivity contribution in [2.75, 3.05) is 5.32 Å². The lowest BCUT2D eigenvalue weighted by Gasteiger charge is -2.04. The maximum absolute atomic E-state index is 12.5. The molecule has 1 heterocycles. The Morgan fingerprint density at radius 1 is 0.897 bits per heavy atom. The van der Waals surface area contributed by atoms with Gasteiger partial charge in [-0.05, 0) is 34.9 Å². The minimum Gasteiger partial charge on any atom is -0.296 e. The first-order valence-corrected chi connectivity index (χ1v) is 11.0. The van der Waals surface area contributed by atoms with Crippen molar-refractivity contribution < 1.29 is 4.79 Å². The maximum Gasteiger partial charge on any atom is 0.257 e. The molecule has 0 unspecified atom stereocenters. The molecule has 4 rings (SSSR count). The van der Waals surface area contributed by atoms with Gasteiger partial charge < -0.3 is 0 Å². The Morgan fingerprint density at radius 3 is 2.34 bits per heavy atom. The zero-order chi connectivity index (χ0) is 20.1. The van der Waals surface area contributed by atoms with Gasteiger partial charge in [0.15, 0.2) is 4.34 Å². The number of rotatable bonds is 6. The standard InChI is InChI=1S/C22H16ClN3OS2/c23-19-9-5-4-8-18(19)14-28-22-26-25-21(29-22)24-20(27)17-12-10-16(11-13-17)15-6-2-1-3-7-15/h1-13H,14H2,(H,24,25,27). The van der Waals surface area contributed by atoms with Crippen LogP contribution in [0.2, 0.25) is 5.02 Å². The molecular formula is C22H16ClN3OS2. The number of thioether (sulfide) groups is 1. The number of amides is 1. The summed E-state index contributed by atoms with van der Waals surface area (Å²) in [5, 5.41) is 12.2. The van der Waals surface area contributed by atoms with Crippen LogP contribution in [0.1, 0.15) is 15.9 Å². The normalized spacial score (nSPS) is 10.7. The molecule has 29 heavy (non-hydrogen) atoms. The Hall–Kier alpha value is -2.67. The van der Waals surface area contributed by atoms with E-state index in [4.69, 9.17) is 11.6 Å². The summed E-state index contributed by atoms with van der Waals surface area (Å²) in [6.45, 7) is 0. The van der Waals surface area contributed by atoms with Gasteiger partial charge in [0.1, 0.15) is 0 Å². The maximum atomic E-state index is 12.5. The molecular weight excluding hydrogens is 422 g/mol. The minimum atomic E-state index is -0.205. The van der Waals surface area contributed by atoms with Crippen molar-refractivity contribution in [2.45, 2.75) is 10.1 Å². The van der Waals surface area contributed by atoms with E-state index in [2.05, 4.69) is 15.5 Å². The average molecular weight is 438 g/mol. The van der Waals surface area contributed by atoms with Crippen molar-refractivity contribution in [2.24, 2.45) is 0 Å². The van der Waals surface area contributed by atoms with E-state index >= 15 is 0 Å². The first kappa shape index (κ1) is 19.6. The third-order valence-electron chi connectivity index (χ3n) is 4.19. The predicted octanol–water partition coefficient (Wildman–Crippen LogP) is 6.40. The SMILES string of the molecule is O=C(Nc1nnc(SCc2ccccc2Cl)s1)c1ccc(-c2ccccc2)cc1. The van der Waals surface area contributed by atoms with Gasteiger partial charge >= 0.3 is 0 Å². The molecule has 0 radical (unpaired) electrons.